The van der Waals surface area contributed by atoms with E-state index in [1.54, 1.807) is 0 Å². The summed E-state index contributed by atoms with van der Waals surface area (Å²) in [5.41, 5.74) is 1.52. The minimum absolute atomic E-state index is 0.210. The van der Waals surface area contributed by atoms with Crippen molar-refractivity contribution in [2.75, 3.05) is 11.9 Å². The number of nitrogens with one attached hydrogen (secondary N) is 1. The van der Waals surface area contributed by atoms with Gasteiger partial charge < -0.3 is 10.1 Å². The van der Waals surface area contributed by atoms with Crippen LogP contribution < -0.4 is 10.1 Å². The summed E-state index contributed by atoms with van der Waals surface area (Å²) in [6.45, 7) is 6.41. The summed E-state index contributed by atoms with van der Waals surface area (Å²) in [5, 5.41) is 2.55. The monoisotopic (exact) mass is 405 g/mol. The Morgan fingerprint density at radius 2 is 1.79 bits per heavy atom. The van der Waals surface area contributed by atoms with Gasteiger partial charge in [0.2, 0.25) is 0 Å². The lowest BCUT2D eigenvalue weighted by Crippen LogP contribution is -2.20. The molecule has 0 aliphatic carbocycles. The molecule has 0 spiro atoms. The van der Waals surface area contributed by atoms with Crippen molar-refractivity contribution in [2.45, 2.75) is 44.4 Å². The van der Waals surface area contributed by atoms with Crippen molar-refractivity contribution in [3.8, 4) is 5.75 Å². The summed E-state index contributed by atoms with van der Waals surface area (Å²) >= 11 is 0. The summed E-state index contributed by atoms with van der Waals surface area (Å²) in [4.78, 5) is 11.8. The molecular formula is C21H27NO5S. The lowest BCUT2D eigenvalue weighted by atomic mass is 9.84. The quantitative estimate of drug-likeness (QED) is 0.600. The van der Waals surface area contributed by atoms with Gasteiger partial charge in [-0.3, -0.25) is 9.35 Å². The average molecular weight is 406 g/mol. The molecule has 2 aromatic rings. The Labute approximate surface area is 166 Å². The second-order valence-electron chi connectivity index (χ2n) is 6.81. The van der Waals surface area contributed by atoms with Crippen LogP contribution in [0.2, 0.25) is 0 Å². The molecule has 152 valence electrons. The zero-order chi connectivity index (χ0) is 20.7. The van der Waals surface area contributed by atoms with E-state index in [0.29, 0.717) is 17.6 Å². The predicted molar refractivity (Wildman–Crippen MR) is 109 cm³/mol. The van der Waals surface area contributed by atoms with Gasteiger partial charge in [-0.15, -0.1) is 0 Å². The Balaban J connectivity index is 1.94. The van der Waals surface area contributed by atoms with Crippen LogP contribution in [0.1, 0.15) is 45.1 Å². The van der Waals surface area contributed by atoms with Crippen molar-refractivity contribution >= 4 is 21.7 Å². The Kier molecular flexibility index (Phi) is 7.60. The van der Waals surface area contributed by atoms with Crippen molar-refractivity contribution in [1.29, 1.82) is 0 Å². The zero-order valence-electron chi connectivity index (χ0n) is 16.4. The standard InChI is InChI=1S/C21H27NO5S/c1-4-15(3)20(5-2)16-9-11-18(12-10-16)27-14-21(23)22-17-7-6-8-19(13-17)28(24,25)26/h6-13,15,20H,4-5,14H2,1-3H3,(H,22,23)(H,24,25,26). The summed E-state index contributed by atoms with van der Waals surface area (Å²) in [7, 11) is -4.32. The fourth-order valence-electron chi connectivity index (χ4n) is 3.14. The number of ether oxygens (including phenoxy) is 1. The van der Waals surface area contributed by atoms with Crippen molar-refractivity contribution in [1.82, 2.24) is 0 Å². The lowest BCUT2D eigenvalue weighted by molar-refractivity contribution is -0.118. The van der Waals surface area contributed by atoms with Crippen LogP contribution >= 0.6 is 0 Å². The number of anilines is 1. The molecule has 0 fully saturated rings. The number of carbonyl (C=O) groups is 1. The summed E-state index contributed by atoms with van der Waals surface area (Å²) in [6.07, 6.45) is 2.19. The van der Waals surface area contributed by atoms with Gasteiger partial charge in [-0.05, 0) is 54.2 Å². The smallest absolute Gasteiger partial charge is 0.294 e. The maximum Gasteiger partial charge on any atom is 0.294 e. The molecule has 2 atom stereocenters. The molecule has 28 heavy (non-hydrogen) atoms. The molecule has 0 aromatic heterocycles. The lowest BCUT2D eigenvalue weighted by Gasteiger charge is -2.22. The molecule has 0 aliphatic heterocycles. The average Bonchev–Trinajstić information content (AvgIpc) is 2.67. The fourth-order valence-corrected chi connectivity index (χ4v) is 3.67. The Bertz CT molecular complexity index is 893. The molecule has 0 saturated heterocycles. The van der Waals surface area contributed by atoms with Crippen molar-refractivity contribution in [3.05, 3.63) is 54.1 Å². The van der Waals surface area contributed by atoms with Crippen LogP contribution in [0.3, 0.4) is 0 Å². The van der Waals surface area contributed by atoms with Gasteiger partial charge in [0.25, 0.3) is 16.0 Å². The number of hydrogen-bond acceptors (Lipinski definition) is 4. The topological polar surface area (TPSA) is 92.7 Å². The third-order valence-electron chi connectivity index (χ3n) is 4.86. The maximum absolute atomic E-state index is 12.0. The minimum atomic E-state index is -4.32. The van der Waals surface area contributed by atoms with Crippen LogP contribution in [0.25, 0.3) is 0 Å². The molecule has 1 amide bonds. The van der Waals surface area contributed by atoms with E-state index in [0.717, 1.165) is 12.8 Å². The second-order valence-corrected chi connectivity index (χ2v) is 8.23. The zero-order valence-corrected chi connectivity index (χ0v) is 17.2. The number of benzene rings is 2. The first-order valence-corrected chi connectivity index (χ1v) is 10.8. The molecule has 2 rings (SSSR count). The highest BCUT2D eigenvalue weighted by Crippen LogP contribution is 2.30. The van der Waals surface area contributed by atoms with Crippen molar-refractivity contribution in [3.63, 3.8) is 0 Å². The van der Waals surface area contributed by atoms with E-state index in [1.165, 1.54) is 29.8 Å². The van der Waals surface area contributed by atoms with E-state index >= 15 is 0 Å². The van der Waals surface area contributed by atoms with Gasteiger partial charge in [0.1, 0.15) is 5.75 Å². The van der Waals surface area contributed by atoms with E-state index in [9.17, 15) is 13.2 Å². The van der Waals surface area contributed by atoms with E-state index in [4.69, 9.17) is 9.29 Å². The number of amides is 1. The van der Waals surface area contributed by atoms with E-state index in [2.05, 4.69) is 26.1 Å². The highest BCUT2D eigenvalue weighted by molar-refractivity contribution is 7.85. The van der Waals surface area contributed by atoms with Crippen LogP contribution in [0.4, 0.5) is 5.69 Å². The first kappa shape index (κ1) is 21.9. The molecule has 0 radical (unpaired) electrons. The molecule has 0 bridgehead atoms. The fraction of sp³-hybridized carbons (Fsp3) is 0.381. The largest absolute Gasteiger partial charge is 0.484 e. The third kappa shape index (κ3) is 6.07. The first-order valence-electron chi connectivity index (χ1n) is 9.34. The minimum Gasteiger partial charge on any atom is -0.484 e. The van der Waals surface area contributed by atoms with Gasteiger partial charge in [-0.1, -0.05) is 45.4 Å². The highest BCUT2D eigenvalue weighted by Gasteiger charge is 2.16. The van der Waals surface area contributed by atoms with Gasteiger partial charge in [0.05, 0.1) is 4.90 Å². The van der Waals surface area contributed by atoms with Gasteiger partial charge in [-0.2, -0.15) is 8.42 Å². The van der Waals surface area contributed by atoms with Crippen LogP contribution in [-0.4, -0.2) is 25.5 Å². The van der Waals surface area contributed by atoms with E-state index in [1.807, 2.05) is 24.3 Å². The molecule has 0 saturated carbocycles. The molecule has 0 heterocycles. The molecule has 2 unspecified atom stereocenters. The summed E-state index contributed by atoms with van der Waals surface area (Å²) in [5.74, 6) is 1.26. The Morgan fingerprint density at radius 3 is 2.36 bits per heavy atom. The van der Waals surface area contributed by atoms with Crippen molar-refractivity contribution < 1.29 is 22.5 Å². The Morgan fingerprint density at radius 1 is 1.11 bits per heavy atom. The van der Waals surface area contributed by atoms with Crippen molar-refractivity contribution in [2.24, 2.45) is 5.92 Å². The molecular weight excluding hydrogens is 378 g/mol. The molecule has 2 N–H and O–H groups in total. The normalized spacial score (nSPS) is 13.6. The summed E-state index contributed by atoms with van der Waals surface area (Å²) < 4.78 is 36.9. The molecule has 0 aliphatic rings. The summed E-state index contributed by atoms with van der Waals surface area (Å²) in [6, 6.07) is 13.2. The second kappa shape index (κ2) is 9.71. The maximum atomic E-state index is 12.0. The molecule has 7 heteroatoms. The first-order chi connectivity index (χ1) is 13.2. The SMILES string of the molecule is CCC(C)C(CC)c1ccc(OCC(=O)Nc2cccc(S(=O)(=O)O)c2)cc1. The molecule has 2 aromatic carbocycles. The van der Waals surface area contributed by atoms with E-state index in [-0.39, 0.29) is 17.2 Å². The molecule has 6 nitrogen and oxygen atoms in total. The van der Waals surface area contributed by atoms with Crippen LogP contribution in [0, 0.1) is 5.92 Å². The van der Waals surface area contributed by atoms with Gasteiger partial charge in [0, 0.05) is 5.69 Å². The Hall–Kier alpha value is -2.38. The predicted octanol–water partition coefficient (Wildman–Crippen LogP) is 4.49. The van der Waals surface area contributed by atoms with E-state index < -0.39 is 16.0 Å². The highest BCUT2D eigenvalue weighted by atomic mass is 32.2. The van der Waals surface area contributed by atoms with Gasteiger partial charge in [-0.25, -0.2) is 0 Å². The van der Waals surface area contributed by atoms with Crippen LogP contribution in [0.15, 0.2) is 53.4 Å². The number of rotatable bonds is 9. The number of hydrogen-bond donors (Lipinski definition) is 2. The third-order valence-corrected chi connectivity index (χ3v) is 5.71. The van der Waals surface area contributed by atoms with Gasteiger partial charge in [0.15, 0.2) is 6.61 Å². The van der Waals surface area contributed by atoms with Crippen LogP contribution in [-0.2, 0) is 14.9 Å². The van der Waals surface area contributed by atoms with Crippen LogP contribution in [0.5, 0.6) is 5.75 Å². The van der Waals surface area contributed by atoms with Gasteiger partial charge >= 0.3 is 0 Å². The number of carbonyl (C=O) groups excluding carboxylic acids is 1.